The predicted molar refractivity (Wildman–Crippen MR) is 104 cm³/mol. The molecule has 1 aromatic carbocycles. The first-order valence-corrected chi connectivity index (χ1v) is 9.04. The van der Waals surface area contributed by atoms with Gasteiger partial charge in [0.25, 0.3) is 0 Å². The van der Waals surface area contributed by atoms with Crippen molar-refractivity contribution in [3.63, 3.8) is 0 Å². The molecule has 8 nitrogen and oxygen atoms in total. The number of methoxy groups -OCH3 is 1. The summed E-state index contributed by atoms with van der Waals surface area (Å²) in [7, 11) is 1.27. The highest BCUT2D eigenvalue weighted by molar-refractivity contribution is 6.35. The van der Waals surface area contributed by atoms with E-state index in [1.807, 2.05) is 4.90 Å². The van der Waals surface area contributed by atoms with E-state index in [-0.39, 0.29) is 16.5 Å². The van der Waals surface area contributed by atoms with Crippen LogP contribution < -0.4 is 4.90 Å². The van der Waals surface area contributed by atoms with Crippen LogP contribution in [0.3, 0.4) is 0 Å². The molecule has 144 valence electrons. The number of morpholine rings is 1. The summed E-state index contributed by atoms with van der Waals surface area (Å²) < 4.78 is 10.1. The number of hydrogen-bond acceptors (Lipinski definition) is 8. The van der Waals surface area contributed by atoms with E-state index >= 15 is 0 Å². The number of benzene rings is 1. The van der Waals surface area contributed by atoms with Gasteiger partial charge in [0, 0.05) is 18.7 Å². The van der Waals surface area contributed by atoms with Gasteiger partial charge in [-0.05, 0) is 18.2 Å². The minimum atomic E-state index is -0.621. The molecule has 1 saturated heterocycles. The van der Waals surface area contributed by atoms with Gasteiger partial charge in [0.05, 0.1) is 25.3 Å². The molecule has 0 amide bonds. The fourth-order valence-electron chi connectivity index (χ4n) is 3.03. The summed E-state index contributed by atoms with van der Waals surface area (Å²) in [4.78, 5) is 27.6. The van der Waals surface area contributed by atoms with E-state index in [4.69, 9.17) is 21.1 Å². The SMILES string of the molecule is COC(=O)c1cc(Cl)c2nc(N3CCOCC3)nc(-c3ccccc3O)c2n1. The second kappa shape index (κ2) is 7.57. The number of phenols is 1. The second-order valence-corrected chi connectivity index (χ2v) is 6.57. The van der Waals surface area contributed by atoms with Gasteiger partial charge in [0.15, 0.2) is 5.69 Å². The molecule has 0 radical (unpaired) electrons. The van der Waals surface area contributed by atoms with E-state index < -0.39 is 5.97 Å². The van der Waals surface area contributed by atoms with E-state index in [9.17, 15) is 9.90 Å². The van der Waals surface area contributed by atoms with Crippen LogP contribution in [0.1, 0.15) is 10.5 Å². The molecule has 2 aromatic heterocycles. The van der Waals surface area contributed by atoms with Crippen LogP contribution in [0.5, 0.6) is 5.75 Å². The summed E-state index contributed by atoms with van der Waals surface area (Å²) in [5.41, 5.74) is 1.60. The van der Waals surface area contributed by atoms with E-state index in [2.05, 4.69) is 15.0 Å². The Morgan fingerprint density at radius 2 is 1.93 bits per heavy atom. The third-order valence-electron chi connectivity index (χ3n) is 4.44. The van der Waals surface area contributed by atoms with Crippen LogP contribution >= 0.6 is 11.6 Å². The lowest BCUT2D eigenvalue weighted by atomic mass is 10.1. The molecule has 1 fully saturated rings. The third kappa shape index (κ3) is 3.32. The molecule has 1 aliphatic heterocycles. The Balaban J connectivity index is 1.99. The molecule has 0 aliphatic carbocycles. The van der Waals surface area contributed by atoms with Gasteiger partial charge in [-0.3, -0.25) is 0 Å². The number of carbonyl (C=O) groups excluding carboxylic acids is 1. The topological polar surface area (TPSA) is 97.7 Å². The lowest BCUT2D eigenvalue weighted by molar-refractivity contribution is 0.0594. The minimum Gasteiger partial charge on any atom is -0.507 e. The van der Waals surface area contributed by atoms with Gasteiger partial charge in [-0.2, -0.15) is 0 Å². The first kappa shape index (κ1) is 18.4. The Morgan fingerprint density at radius 3 is 2.64 bits per heavy atom. The highest BCUT2D eigenvalue weighted by atomic mass is 35.5. The molecule has 0 unspecified atom stereocenters. The van der Waals surface area contributed by atoms with Gasteiger partial charge in [-0.25, -0.2) is 19.7 Å². The van der Waals surface area contributed by atoms with Crippen LogP contribution in [0.4, 0.5) is 5.95 Å². The summed E-state index contributed by atoms with van der Waals surface area (Å²) in [6.07, 6.45) is 0. The number of ether oxygens (including phenoxy) is 2. The Labute approximate surface area is 165 Å². The Morgan fingerprint density at radius 1 is 1.18 bits per heavy atom. The fourth-order valence-corrected chi connectivity index (χ4v) is 3.27. The average Bonchev–Trinajstić information content (AvgIpc) is 2.73. The minimum absolute atomic E-state index is 0.0387. The van der Waals surface area contributed by atoms with Crippen molar-refractivity contribution in [3.8, 4) is 17.0 Å². The summed E-state index contributed by atoms with van der Waals surface area (Å²) in [6, 6.07) is 8.19. The number of pyridine rings is 1. The number of hydrogen-bond donors (Lipinski definition) is 1. The Hall–Kier alpha value is -2.97. The quantitative estimate of drug-likeness (QED) is 0.670. The van der Waals surface area contributed by atoms with Crippen molar-refractivity contribution in [3.05, 3.63) is 41.0 Å². The fraction of sp³-hybridized carbons (Fsp3) is 0.263. The number of esters is 1. The maximum Gasteiger partial charge on any atom is 0.356 e. The van der Waals surface area contributed by atoms with E-state index in [0.29, 0.717) is 54.5 Å². The van der Waals surface area contributed by atoms with Crippen LogP contribution in [-0.2, 0) is 9.47 Å². The van der Waals surface area contributed by atoms with Gasteiger partial charge >= 0.3 is 5.97 Å². The zero-order valence-electron chi connectivity index (χ0n) is 15.1. The number of anilines is 1. The van der Waals surface area contributed by atoms with E-state index in [0.717, 1.165) is 0 Å². The van der Waals surface area contributed by atoms with Crippen molar-refractivity contribution in [2.24, 2.45) is 0 Å². The van der Waals surface area contributed by atoms with Gasteiger partial charge in [-0.15, -0.1) is 0 Å². The summed E-state index contributed by atoms with van der Waals surface area (Å²) in [5.74, 6) is -0.121. The van der Waals surface area contributed by atoms with E-state index in [1.165, 1.54) is 13.2 Å². The van der Waals surface area contributed by atoms with Gasteiger partial charge in [0.2, 0.25) is 5.95 Å². The summed E-state index contributed by atoms with van der Waals surface area (Å²) >= 11 is 6.43. The van der Waals surface area contributed by atoms with Crippen LogP contribution in [0.25, 0.3) is 22.3 Å². The predicted octanol–water partition coefficient (Wildman–Crippen LogP) is 2.67. The van der Waals surface area contributed by atoms with Crippen molar-refractivity contribution in [1.29, 1.82) is 0 Å². The van der Waals surface area contributed by atoms with Gasteiger partial charge in [-0.1, -0.05) is 23.7 Å². The molecular formula is C19H17ClN4O4. The van der Waals surface area contributed by atoms with Crippen LogP contribution in [0.2, 0.25) is 5.02 Å². The lowest BCUT2D eigenvalue weighted by Crippen LogP contribution is -2.37. The zero-order chi connectivity index (χ0) is 19.7. The molecule has 1 N–H and O–H groups in total. The molecule has 0 spiro atoms. The normalized spacial score (nSPS) is 14.3. The van der Waals surface area contributed by atoms with E-state index in [1.54, 1.807) is 24.3 Å². The standard InChI is InChI=1S/C19H17ClN4O4/c1-27-18(26)13-10-12(20)16-17(21-13)15(11-4-2-3-5-14(11)25)22-19(23-16)24-6-8-28-9-7-24/h2-5,10,25H,6-9H2,1H3. The molecule has 3 aromatic rings. The number of phenolic OH excluding ortho intramolecular Hbond substituents is 1. The van der Waals surface area contributed by atoms with Crippen molar-refractivity contribution < 1.29 is 19.4 Å². The molecule has 0 saturated carbocycles. The number of aromatic nitrogens is 3. The van der Waals surface area contributed by atoms with Crippen molar-refractivity contribution in [2.45, 2.75) is 0 Å². The summed E-state index contributed by atoms with van der Waals surface area (Å²) in [6.45, 7) is 2.41. The molecular weight excluding hydrogens is 384 g/mol. The van der Waals surface area contributed by atoms with Crippen molar-refractivity contribution in [2.75, 3.05) is 38.3 Å². The monoisotopic (exact) mass is 400 g/mol. The van der Waals surface area contributed by atoms with Crippen LogP contribution in [0, 0.1) is 0 Å². The smallest absolute Gasteiger partial charge is 0.356 e. The van der Waals surface area contributed by atoms with Crippen molar-refractivity contribution in [1.82, 2.24) is 15.0 Å². The highest BCUT2D eigenvalue weighted by Crippen LogP contribution is 2.35. The number of rotatable bonds is 3. The average molecular weight is 401 g/mol. The maximum absolute atomic E-state index is 12.0. The number of carbonyl (C=O) groups is 1. The first-order valence-electron chi connectivity index (χ1n) is 8.66. The maximum atomic E-state index is 12.0. The molecule has 0 atom stereocenters. The molecule has 9 heteroatoms. The Kier molecular flexibility index (Phi) is 4.97. The summed E-state index contributed by atoms with van der Waals surface area (Å²) in [5, 5.41) is 10.6. The van der Waals surface area contributed by atoms with Crippen molar-refractivity contribution >= 4 is 34.6 Å². The highest BCUT2D eigenvalue weighted by Gasteiger charge is 2.22. The third-order valence-corrected chi connectivity index (χ3v) is 4.73. The molecule has 4 rings (SSSR count). The zero-order valence-corrected chi connectivity index (χ0v) is 15.8. The number of fused-ring (bicyclic) bond motifs is 1. The molecule has 1 aliphatic rings. The molecule has 0 bridgehead atoms. The number of nitrogens with zero attached hydrogens (tertiary/aromatic N) is 4. The molecule has 3 heterocycles. The second-order valence-electron chi connectivity index (χ2n) is 6.17. The molecule has 28 heavy (non-hydrogen) atoms. The Bertz CT molecular complexity index is 1050. The largest absolute Gasteiger partial charge is 0.507 e. The van der Waals surface area contributed by atoms with Gasteiger partial charge < -0.3 is 19.5 Å². The van der Waals surface area contributed by atoms with Gasteiger partial charge in [0.1, 0.15) is 22.5 Å². The lowest BCUT2D eigenvalue weighted by Gasteiger charge is -2.27. The number of para-hydroxylation sites is 1. The number of aromatic hydroxyl groups is 1. The first-order chi connectivity index (χ1) is 13.6. The number of halogens is 1. The van der Waals surface area contributed by atoms with Crippen LogP contribution in [-0.4, -0.2) is 59.4 Å². The van der Waals surface area contributed by atoms with Crippen LogP contribution in [0.15, 0.2) is 30.3 Å².